The summed E-state index contributed by atoms with van der Waals surface area (Å²) in [5.41, 5.74) is 4.89. The van der Waals surface area contributed by atoms with E-state index in [4.69, 9.17) is 9.72 Å². The van der Waals surface area contributed by atoms with E-state index in [1.807, 2.05) is 6.07 Å². The Morgan fingerprint density at radius 2 is 2.00 bits per heavy atom. The average molecular weight is 350 g/mol. The van der Waals surface area contributed by atoms with Crippen LogP contribution in [0.1, 0.15) is 16.8 Å². The lowest BCUT2D eigenvalue weighted by Gasteiger charge is -2.25. The van der Waals surface area contributed by atoms with E-state index in [0.29, 0.717) is 5.92 Å². The molecule has 1 unspecified atom stereocenters. The number of ether oxygens (including phenoxy) is 1. The largest absolute Gasteiger partial charge is 0.493 e. The van der Waals surface area contributed by atoms with Crippen molar-refractivity contribution < 1.29 is 4.74 Å². The second kappa shape index (κ2) is 7.38. The Hall–Kier alpha value is -2.17. The molecule has 0 aliphatic carbocycles. The smallest absolute Gasteiger partial charge is 0.123 e. The van der Waals surface area contributed by atoms with Gasteiger partial charge < -0.3 is 10.1 Å². The molecule has 1 aliphatic rings. The van der Waals surface area contributed by atoms with E-state index >= 15 is 0 Å². The predicted molar refractivity (Wildman–Crippen MR) is 103 cm³/mol. The predicted octanol–water partition coefficient (Wildman–Crippen LogP) is 4.46. The molecule has 4 heteroatoms. The van der Waals surface area contributed by atoms with Crippen LogP contribution in [-0.2, 0) is 13.0 Å². The minimum atomic E-state index is 0.519. The molecule has 1 atom stereocenters. The third-order valence-electron chi connectivity index (χ3n) is 4.55. The van der Waals surface area contributed by atoms with Crippen molar-refractivity contribution in [2.75, 3.05) is 13.2 Å². The summed E-state index contributed by atoms with van der Waals surface area (Å²) in [5.74, 6) is 1.56. The Bertz CT molecular complexity index is 841. The minimum Gasteiger partial charge on any atom is -0.493 e. The van der Waals surface area contributed by atoms with Gasteiger partial charge in [0.2, 0.25) is 0 Å². The standard InChI is InChI=1S/C21H22N2OS/c1-15-6-8-17(9-7-15)21-23-19(14-25-21)12-22-11-16-10-18-4-2-3-5-20(18)24-13-16/h2-9,14,16,22H,10-13H2,1H3. The molecule has 1 aromatic heterocycles. The molecule has 4 rings (SSSR count). The quantitative estimate of drug-likeness (QED) is 0.738. The van der Waals surface area contributed by atoms with Gasteiger partial charge in [-0.25, -0.2) is 4.98 Å². The second-order valence-electron chi connectivity index (χ2n) is 6.63. The van der Waals surface area contributed by atoms with Crippen LogP contribution < -0.4 is 10.1 Å². The number of thiazole rings is 1. The average Bonchev–Trinajstić information content (AvgIpc) is 3.11. The fourth-order valence-electron chi connectivity index (χ4n) is 3.14. The minimum absolute atomic E-state index is 0.519. The molecule has 25 heavy (non-hydrogen) atoms. The molecule has 1 aliphatic heterocycles. The van der Waals surface area contributed by atoms with Crippen LogP contribution in [0.3, 0.4) is 0 Å². The van der Waals surface area contributed by atoms with Crippen LogP contribution in [0.15, 0.2) is 53.9 Å². The van der Waals surface area contributed by atoms with E-state index in [2.05, 4.69) is 60.1 Å². The van der Waals surface area contributed by atoms with E-state index in [0.717, 1.165) is 42.6 Å². The number of nitrogens with one attached hydrogen (secondary N) is 1. The SMILES string of the molecule is Cc1ccc(-c2nc(CNCC3COc4ccccc4C3)cs2)cc1. The van der Waals surface area contributed by atoms with Crippen molar-refractivity contribution in [3.63, 3.8) is 0 Å². The molecule has 128 valence electrons. The topological polar surface area (TPSA) is 34.2 Å². The van der Waals surface area contributed by atoms with Crippen LogP contribution in [0.4, 0.5) is 0 Å². The van der Waals surface area contributed by atoms with E-state index in [1.54, 1.807) is 11.3 Å². The van der Waals surface area contributed by atoms with Crippen molar-refractivity contribution in [3.8, 4) is 16.3 Å². The Morgan fingerprint density at radius 1 is 1.16 bits per heavy atom. The lowest BCUT2D eigenvalue weighted by Crippen LogP contribution is -2.31. The van der Waals surface area contributed by atoms with Gasteiger partial charge in [-0.3, -0.25) is 0 Å². The number of rotatable bonds is 5. The van der Waals surface area contributed by atoms with E-state index in [-0.39, 0.29) is 0 Å². The highest BCUT2D eigenvalue weighted by molar-refractivity contribution is 7.13. The highest BCUT2D eigenvalue weighted by Gasteiger charge is 2.19. The van der Waals surface area contributed by atoms with Crippen molar-refractivity contribution >= 4 is 11.3 Å². The maximum Gasteiger partial charge on any atom is 0.123 e. The summed E-state index contributed by atoms with van der Waals surface area (Å²) in [5, 5.41) is 6.78. The van der Waals surface area contributed by atoms with Gasteiger partial charge in [0.1, 0.15) is 10.8 Å². The van der Waals surface area contributed by atoms with Gasteiger partial charge in [0, 0.05) is 30.0 Å². The summed E-state index contributed by atoms with van der Waals surface area (Å²) in [7, 11) is 0. The first kappa shape index (κ1) is 16.3. The summed E-state index contributed by atoms with van der Waals surface area (Å²) < 4.78 is 5.86. The van der Waals surface area contributed by atoms with E-state index in [9.17, 15) is 0 Å². The molecular formula is C21H22N2OS. The monoisotopic (exact) mass is 350 g/mol. The van der Waals surface area contributed by atoms with E-state index < -0.39 is 0 Å². The van der Waals surface area contributed by atoms with Crippen LogP contribution in [0.2, 0.25) is 0 Å². The highest BCUT2D eigenvalue weighted by atomic mass is 32.1. The van der Waals surface area contributed by atoms with Crippen LogP contribution in [0, 0.1) is 12.8 Å². The zero-order chi connectivity index (χ0) is 17.1. The molecule has 0 amide bonds. The fourth-order valence-corrected chi connectivity index (χ4v) is 3.97. The van der Waals surface area contributed by atoms with Crippen molar-refractivity contribution in [2.24, 2.45) is 5.92 Å². The number of para-hydroxylation sites is 1. The Kier molecular flexibility index (Phi) is 4.81. The molecule has 2 heterocycles. The summed E-state index contributed by atoms with van der Waals surface area (Å²) in [6, 6.07) is 16.9. The molecule has 3 nitrogen and oxygen atoms in total. The zero-order valence-corrected chi connectivity index (χ0v) is 15.2. The number of aryl methyl sites for hydroxylation is 1. The molecule has 3 aromatic rings. The van der Waals surface area contributed by atoms with Crippen LogP contribution in [0.25, 0.3) is 10.6 Å². The van der Waals surface area contributed by atoms with Crippen molar-refractivity contribution in [2.45, 2.75) is 19.9 Å². The number of hydrogen-bond donors (Lipinski definition) is 1. The summed E-state index contributed by atoms with van der Waals surface area (Å²) >= 11 is 1.71. The van der Waals surface area contributed by atoms with Crippen LogP contribution in [0.5, 0.6) is 5.75 Å². The van der Waals surface area contributed by atoms with Crippen molar-refractivity contribution in [1.82, 2.24) is 10.3 Å². The molecule has 2 aromatic carbocycles. The highest BCUT2D eigenvalue weighted by Crippen LogP contribution is 2.27. The van der Waals surface area contributed by atoms with Crippen LogP contribution >= 0.6 is 11.3 Å². The fraction of sp³-hybridized carbons (Fsp3) is 0.286. The van der Waals surface area contributed by atoms with Gasteiger partial charge in [0.25, 0.3) is 0 Å². The van der Waals surface area contributed by atoms with Gasteiger partial charge in [-0.2, -0.15) is 0 Å². The van der Waals surface area contributed by atoms with Gasteiger partial charge in [-0.05, 0) is 25.0 Å². The lowest BCUT2D eigenvalue weighted by atomic mass is 9.97. The van der Waals surface area contributed by atoms with Crippen molar-refractivity contribution in [1.29, 1.82) is 0 Å². The Labute approximate surface area is 152 Å². The second-order valence-corrected chi connectivity index (χ2v) is 7.49. The summed E-state index contributed by atoms with van der Waals surface area (Å²) in [4.78, 5) is 4.75. The Morgan fingerprint density at radius 3 is 2.88 bits per heavy atom. The molecule has 1 N–H and O–H groups in total. The molecular weight excluding hydrogens is 328 g/mol. The maximum atomic E-state index is 5.86. The van der Waals surface area contributed by atoms with Crippen molar-refractivity contribution in [3.05, 3.63) is 70.7 Å². The molecule has 0 spiro atoms. The number of aromatic nitrogens is 1. The molecule has 0 bridgehead atoms. The van der Waals surface area contributed by atoms with Crippen LogP contribution in [-0.4, -0.2) is 18.1 Å². The van der Waals surface area contributed by atoms with Gasteiger partial charge >= 0.3 is 0 Å². The molecule has 0 saturated carbocycles. The summed E-state index contributed by atoms with van der Waals surface area (Å²) in [6.07, 6.45) is 1.08. The first-order valence-corrected chi connectivity index (χ1v) is 9.59. The number of hydrogen-bond acceptors (Lipinski definition) is 4. The lowest BCUT2D eigenvalue weighted by molar-refractivity contribution is 0.218. The Balaban J connectivity index is 1.30. The van der Waals surface area contributed by atoms with E-state index in [1.165, 1.54) is 16.7 Å². The van der Waals surface area contributed by atoms with Gasteiger partial charge in [-0.15, -0.1) is 11.3 Å². The number of nitrogens with zero attached hydrogens (tertiary/aromatic N) is 1. The number of fused-ring (bicyclic) bond motifs is 1. The molecule has 0 fully saturated rings. The first-order valence-electron chi connectivity index (χ1n) is 8.71. The van der Waals surface area contributed by atoms with Gasteiger partial charge in [-0.1, -0.05) is 48.0 Å². The van der Waals surface area contributed by atoms with Gasteiger partial charge in [0.05, 0.1) is 12.3 Å². The van der Waals surface area contributed by atoms with Gasteiger partial charge in [0.15, 0.2) is 0 Å². The third-order valence-corrected chi connectivity index (χ3v) is 5.49. The normalized spacial score (nSPS) is 16.3. The zero-order valence-electron chi connectivity index (χ0n) is 14.4. The third kappa shape index (κ3) is 3.91. The summed E-state index contributed by atoms with van der Waals surface area (Å²) in [6.45, 7) is 4.65. The molecule has 0 radical (unpaired) electrons. The number of benzene rings is 2. The molecule has 0 saturated heterocycles. The maximum absolute atomic E-state index is 5.86. The first-order chi connectivity index (χ1) is 12.3.